The number of carbonyl (C=O) groups is 1. The molecule has 0 aliphatic heterocycles. The number of hydrogen-bond acceptors (Lipinski definition) is 4. The quantitative estimate of drug-likeness (QED) is 0.536. The third-order valence-corrected chi connectivity index (χ3v) is 3.25. The molecule has 0 fully saturated rings. The van der Waals surface area contributed by atoms with Crippen LogP contribution < -0.4 is 11.1 Å². The van der Waals surface area contributed by atoms with Gasteiger partial charge in [-0.1, -0.05) is 23.2 Å². The summed E-state index contributed by atoms with van der Waals surface area (Å²) in [4.78, 5) is 11.8. The molecule has 1 rings (SSSR count). The van der Waals surface area contributed by atoms with Gasteiger partial charge in [0.2, 0.25) is 5.91 Å². The highest BCUT2D eigenvalue weighted by Gasteiger charge is 2.10. The molecule has 7 heteroatoms. The summed E-state index contributed by atoms with van der Waals surface area (Å²) in [7, 11) is 1.65. The zero-order valence-corrected chi connectivity index (χ0v) is 13.5. The van der Waals surface area contributed by atoms with Crippen LogP contribution in [-0.2, 0) is 14.3 Å². The number of methoxy groups -OCH3 is 1. The number of nitrogens with one attached hydrogen (secondary N) is 1. The first kappa shape index (κ1) is 18.0. The van der Waals surface area contributed by atoms with Crippen molar-refractivity contribution in [2.75, 3.05) is 38.0 Å². The van der Waals surface area contributed by atoms with Crippen LogP contribution in [-0.4, -0.2) is 32.8 Å². The molecule has 0 radical (unpaired) electrons. The van der Waals surface area contributed by atoms with Crippen molar-refractivity contribution >= 4 is 40.5 Å². The van der Waals surface area contributed by atoms with E-state index in [-0.39, 0.29) is 5.91 Å². The van der Waals surface area contributed by atoms with Crippen molar-refractivity contribution in [3.63, 3.8) is 0 Å². The molecule has 0 aliphatic carbocycles. The van der Waals surface area contributed by atoms with Crippen LogP contribution in [0.3, 0.4) is 0 Å². The number of ether oxygens (including phenoxy) is 2. The van der Waals surface area contributed by atoms with Crippen LogP contribution in [0.5, 0.6) is 0 Å². The number of anilines is 2. The van der Waals surface area contributed by atoms with Crippen LogP contribution in [0.1, 0.15) is 19.3 Å². The number of rotatable bonds is 9. The van der Waals surface area contributed by atoms with E-state index in [9.17, 15) is 4.79 Å². The monoisotopic (exact) mass is 334 g/mol. The van der Waals surface area contributed by atoms with Gasteiger partial charge in [0, 0.05) is 39.0 Å². The molecule has 3 N–H and O–H groups in total. The molecule has 0 atom stereocenters. The summed E-state index contributed by atoms with van der Waals surface area (Å²) >= 11 is 12.0. The molecular weight excluding hydrogens is 315 g/mol. The Kier molecular flexibility index (Phi) is 8.45. The number of amides is 1. The van der Waals surface area contributed by atoms with E-state index in [0.717, 1.165) is 6.42 Å². The van der Waals surface area contributed by atoms with Gasteiger partial charge in [-0.05, 0) is 25.0 Å². The maximum Gasteiger partial charge on any atom is 0.224 e. The Balaban J connectivity index is 2.28. The second-order valence-electron chi connectivity index (χ2n) is 4.47. The van der Waals surface area contributed by atoms with Gasteiger partial charge in [-0.25, -0.2) is 0 Å². The standard InChI is InChI=1S/C14H20Cl2N2O3/c1-20-5-3-7-21-6-2-4-13(19)18-14-11(15)8-10(17)9-12(14)16/h8-9H,2-7,17H2,1H3,(H,18,19). The molecule has 0 heterocycles. The van der Waals surface area contributed by atoms with Gasteiger partial charge >= 0.3 is 0 Å². The summed E-state index contributed by atoms with van der Waals surface area (Å²) in [5, 5.41) is 3.33. The molecule has 21 heavy (non-hydrogen) atoms. The van der Waals surface area contributed by atoms with E-state index in [4.69, 9.17) is 38.4 Å². The van der Waals surface area contributed by atoms with Gasteiger partial charge in [-0.3, -0.25) is 4.79 Å². The summed E-state index contributed by atoms with van der Waals surface area (Å²) in [6.45, 7) is 1.83. The average molecular weight is 335 g/mol. The van der Waals surface area contributed by atoms with E-state index in [2.05, 4.69) is 5.32 Å². The van der Waals surface area contributed by atoms with Gasteiger partial charge < -0.3 is 20.5 Å². The Morgan fingerprint density at radius 3 is 2.43 bits per heavy atom. The van der Waals surface area contributed by atoms with Crippen molar-refractivity contribution in [3.8, 4) is 0 Å². The molecule has 0 unspecified atom stereocenters. The van der Waals surface area contributed by atoms with Crippen LogP contribution in [0, 0.1) is 0 Å². The Bertz CT molecular complexity index is 447. The largest absolute Gasteiger partial charge is 0.399 e. The normalized spacial score (nSPS) is 10.6. The lowest BCUT2D eigenvalue weighted by molar-refractivity contribution is -0.116. The van der Waals surface area contributed by atoms with Crippen LogP contribution in [0.15, 0.2) is 12.1 Å². The van der Waals surface area contributed by atoms with Crippen LogP contribution >= 0.6 is 23.2 Å². The number of halogens is 2. The Morgan fingerprint density at radius 2 is 1.81 bits per heavy atom. The van der Waals surface area contributed by atoms with Gasteiger partial charge in [-0.2, -0.15) is 0 Å². The maximum absolute atomic E-state index is 11.8. The summed E-state index contributed by atoms with van der Waals surface area (Å²) < 4.78 is 10.3. The van der Waals surface area contributed by atoms with Gasteiger partial charge in [0.1, 0.15) is 0 Å². The highest BCUT2D eigenvalue weighted by atomic mass is 35.5. The van der Waals surface area contributed by atoms with E-state index >= 15 is 0 Å². The summed E-state index contributed by atoms with van der Waals surface area (Å²) in [5.41, 5.74) is 6.44. The third kappa shape index (κ3) is 7.00. The minimum absolute atomic E-state index is 0.163. The molecule has 0 bridgehead atoms. The molecule has 0 saturated carbocycles. The molecule has 1 aromatic rings. The van der Waals surface area contributed by atoms with Crippen molar-refractivity contribution < 1.29 is 14.3 Å². The zero-order chi connectivity index (χ0) is 15.7. The van der Waals surface area contributed by atoms with E-state index < -0.39 is 0 Å². The number of benzene rings is 1. The second kappa shape index (κ2) is 9.84. The molecule has 1 aromatic carbocycles. The van der Waals surface area contributed by atoms with Crippen molar-refractivity contribution in [2.24, 2.45) is 0 Å². The highest BCUT2D eigenvalue weighted by Crippen LogP contribution is 2.32. The number of nitrogens with two attached hydrogens (primary N) is 1. The minimum atomic E-state index is -0.163. The molecule has 1 amide bonds. The average Bonchev–Trinajstić information content (AvgIpc) is 2.42. The Morgan fingerprint density at radius 1 is 1.19 bits per heavy atom. The first-order valence-corrected chi connectivity index (χ1v) is 7.41. The van der Waals surface area contributed by atoms with Crippen molar-refractivity contribution in [1.82, 2.24) is 0 Å². The van der Waals surface area contributed by atoms with Crippen LogP contribution in [0.25, 0.3) is 0 Å². The fraction of sp³-hybridized carbons (Fsp3) is 0.500. The first-order chi connectivity index (χ1) is 10.0. The lowest BCUT2D eigenvalue weighted by Gasteiger charge is -2.10. The van der Waals surface area contributed by atoms with Gasteiger partial charge in [0.25, 0.3) is 0 Å². The highest BCUT2D eigenvalue weighted by molar-refractivity contribution is 6.40. The van der Waals surface area contributed by atoms with E-state index in [0.29, 0.717) is 54.1 Å². The maximum atomic E-state index is 11.8. The number of hydrogen-bond donors (Lipinski definition) is 2. The van der Waals surface area contributed by atoms with E-state index in [1.807, 2.05) is 0 Å². The van der Waals surface area contributed by atoms with Gasteiger partial charge in [-0.15, -0.1) is 0 Å². The lowest BCUT2D eigenvalue weighted by atomic mass is 10.2. The van der Waals surface area contributed by atoms with E-state index in [1.165, 1.54) is 0 Å². The molecule has 5 nitrogen and oxygen atoms in total. The molecular formula is C14H20Cl2N2O3. The molecule has 118 valence electrons. The van der Waals surface area contributed by atoms with Crippen molar-refractivity contribution in [3.05, 3.63) is 22.2 Å². The molecule has 0 aromatic heterocycles. The zero-order valence-electron chi connectivity index (χ0n) is 12.0. The predicted molar refractivity (Wildman–Crippen MR) is 86.1 cm³/mol. The van der Waals surface area contributed by atoms with Crippen LogP contribution in [0.4, 0.5) is 11.4 Å². The Labute approximate surface area is 134 Å². The molecule has 0 spiro atoms. The topological polar surface area (TPSA) is 73.6 Å². The Hall–Kier alpha value is -1.01. The first-order valence-electron chi connectivity index (χ1n) is 6.65. The smallest absolute Gasteiger partial charge is 0.224 e. The molecule has 0 saturated heterocycles. The minimum Gasteiger partial charge on any atom is -0.399 e. The number of carbonyl (C=O) groups excluding carboxylic acids is 1. The predicted octanol–water partition coefficient (Wildman–Crippen LogP) is 3.35. The summed E-state index contributed by atoms with van der Waals surface area (Å²) in [6.07, 6.45) is 1.81. The fourth-order valence-electron chi connectivity index (χ4n) is 1.66. The van der Waals surface area contributed by atoms with E-state index in [1.54, 1.807) is 19.2 Å². The SMILES string of the molecule is COCCCOCCCC(=O)Nc1c(Cl)cc(N)cc1Cl. The fourth-order valence-corrected chi connectivity index (χ4v) is 2.25. The number of nitrogen functional groups attached to an aromatic ring is 1. The van der Waals surface area contributed by atoms with Crippen molar-refractivity contribution in [2.45, 2.75) is 19.3 Å². The van der Waals surface area contributed by atoms with Crippen molar-refractivity contribution in [1.29, 1.82) is 0 Å². The lowest BCUT2D eigenvalue weighted by Crippen LogP contribution is -2.13. The summed E-state index contributed by atoms with van der Waals surface area (Å²) in [6, 6.07) is 3.09. The second-order valence-corrected chi connectivity index (χ2v) is 5.28. The van der Waals surface area contributed by atoms with Crippen LogP contribution in [0.2, 0.25) is 10.0 Å². The summed E-state index contributed by atoms with van der Waals surface area (Å²) in [5.74, 6) is -0.163. The van der Waals surface area contributed by atoms with Gasteiger partial charge in [0.05, 0.1) is 15.7 Å². The third-order valence-electron chi connectivity index (χ3n) is 2.66. The van der Waals surface area contributed by atoms with Gasteiger partial charge in [0.15, 0.2) is 0 Å². The molecule has 0 aliphatic rings.